The van der Waals surface area contributed by atoms with Gasteiger partial charge in [0.15, 0.2) is 0 Å². The highest BCUT2D eigenvalue weighted by Crippen LogP contribution is 2.31. The van der Waals surface area contributed by atoms with Crippen LogP contribution in [0, 0.1) is 5.92 Å². The first-order chi connectivity index (χ1) is 10.2. The standard InChI is InChI=1S/C16H22N2O2S/c1-11(13-7-8-20-10-13)18-15(19)9-17-16(18)12-3-5-14(21-2)6-4-12/h3-6,11,13,16-17H,7-10H2,1-2H3. The highest BCUT2D eigenvalue weighted by Gasteiger charge is 2.38. The van der Waals surface area contributed by atoms with Gasteiger partial charge in [0.2, 0.25) is 5.91 Å². The molecule has 2 aliphatic heterocycles. The number of amides is 1. The monoisotopic (exact) mass is 306 g/mol. The van der Waals surface area contributed by atoms with Gasteiger partial charge in [-0.3, -0.25) is 10.1 Å². The molecule has 0 aliphatic carbocycles. The summed E-state index contributed by atoms with van der Waals surface area (Å²) in [5.41, 5.74) is 1.16. The van der Waals surface area contributed by atoms with E-state index in [1.807, 2.05) is 4.90 Å². The summed E-state index contributed by atoms with van der Waals surface area (Å²) < 4.78 is 5.48. The van der Waals surface area contributed by atoms with Crippen LogP contribution in [0.3, 0.4) is 0 Å². The van der Waals surface area contributed by atoms with Crippen LogP contribution >= 0.6 is 11.8 Å². The molecule has 1 amide bonds. The van der Waals surface area contributed by atoms with E-state index in [0.29, 0.717) is 12.5 Å². The van der Waals surface area contributed by atoms with E-state index in [0.717, 1.165) is 25.2 Å². The lowest BCUT2D eigenvalue weighted by Crippen LogP contribution is -2.42. The number of carbonyl (C=O) groups is 1. The first kappa shape index (κ1) is 14.9. The maximum Gasteiger partial charge on any atom is 0.238 e. The molecule has 0 bridgehead atoms. The van der Waals surface area contributed by atoms with Gasteiger partial charge in [-0.25, -0.2) is 0 Å². The molecule has 0 spiro atoms. The Balaban J connectivity index is 1.80. The maximum absolute atomic E-state index is 12.3. The van der Waals surface area contributed by atoms with Crippen LogP contribution in [0.4, 0.5) is 0 Å². The largest absolute Gasteiger partial charge is 0.381 e. The summed E-state index contributed by atoms with van der Waals surface area (Å²) in [6.45, 7) is 4.15. The van der Waals surface area contributed by atoms with Crippen LogP contribution < -0.4 is 5.32 Å². The molecule has 2 aliphatic rings. The van der Waals surface area contributed by atoms with Crippen LogP contribution in [0.1, 0.15) is 25.1 Å². The molecule has 3 rings (SSSR count). The Kier molecular flexibility index (Phi) is 4.52. The molecule has 3 unspecified atom stereocenters. The van der Waals surface area contributed by atoms with E-state index in [4.69, 9.17) is 4.74 Å². The third kappa shape index (κ3) is 2.96. The molecule has 5 heteroatoms. The van der Waals surface area contributed by atoms with Crippen molar-refractivity contribution < 1.29 is 9.53 Å². The topological polar surface area (TPSA) is 41.6 Å². The molecule has 3 atom stereocenters. The number of nitrogens with zero attached hydrogens (tertiary/aromatic N) is 1. The van der Waals surface area contributed by atoms with Crippen molar-refractivity contribution in [2.75, 3.05) is 26.0 Å². The molecule has 4 nitrogen and oxygen atoms in total. The molecule has 1 aromatic carbocycles. The summed E-state index contributed by atoms with van der Waals surface area (Å²) in [7, 11) is 0. The van der Waals surface area contributed by atoms with Crippen LogP contribution in [0.5, 0.6) is 0 Å². The zero-order valence-electron chi connectivity index (χ0n) is 12.5. The molecule has 2 fully saturated rings. The molecular weight excluding hydrogens is 284 g/mol. The van der Waals surface area contributed by atoms with E-state index < -0.39 is 0 Å². The third-order valence-corrected chi connectivity index (χ3v) is 5.27. The Morgan fingerprint density at radius 1 is 1.38 bits per heavy atom. The van der Waals surface area contributed by atoms with E-state index in [1.165, 1.54) is 4.90 Å². The highest BCUT2D eigenvalue weighted by atomic mass is 32.2. The average Bonchev–Trinajstić information content (AvgIpc) is 3.16. The summed E-state index contributed by atoms with van der Waals surface area (Å²) in [6.07, 6.45) is 3.10. The van der Waals surface area contributed by atoms with Crippen LogP contribution in [-0.4, -0.2) is 42.9 Å². The molecule has 0 radical (unpaired) electrons. The van der Waals surface area contributed by atoms with Crippen LogP contribution in [0.25, 0.3) is 0 Å². The summed E-state index contributed by atoms with van der Waals surface area (Å²) in [5, 5.41) is 3.34. The van der Waals surface area contributed by atoms with E-state index in [-0.39, 0.29) is 18.1 Å². The number of ether oxygens (including phenoxy) is 1. The predicted octanol–water partition coefficient (Wildman–Crippen LogP) is 2.26. The quantitative estimate of drug-likeness (QED) is 0.867. The van der Waals surface area contributed by atoms with Gasteiger partial charge < -0.3 is 9.64 Å². The maximum atomic E-state index is 12.3. The van der Waals surface area contributed by atoms with Crippen molar-refractivity contribution in [3.63, 3.8) is 0 Å². The third-order valence-electron chi connectivity index (χ3n) is 4.53. The van der Waals surface area contributed by atoms with Crippen molar-refractivity contribution in [2.24, 2.45) is 5.92 Å². The minimum absolute atomic E-state index is 0.0102. The molecule has 21 heavy (non-hydrogen) atoms. The number of thioether (sulfide) groups is 1. The molecule has 1 N–H and O–H groups in total. The van der Waals surface area contributed by atoms with Gasteiger partial charge in [0.05, 0.1) is 13.2 Å². The lowest BCUT2D eigenvalue weighted by atomic mass is 9.98. The Labute approximate surface area is 130 Å². The summed E-state index contributed by atoms with van der Waals surface area (Å²) in [4.78, 5) is 15.5. The second-order valence-corrected chi connectivity index (χ2v) is 6.60. The lowest BCUT2D eigenvalue weighted by Gasteiger charge is -2.33. The van der Waals surface area contributed by atoms with Crippen molar-refractivity contribution in [3.05, 3.63) is 29.8 Å². The fourth-order valence-electron chi connectivity index (χ4n) is 3.20. The second kappa shape index (κ2) is 6.38. The fourth-order valence-corrected chi connectivity index (χ4v) is 3.61. The van der Waals surface area contributed by atoms with Gasteiger partial charge in [0.1, 0.15) is 6.17 Å². The lowest BCUT2D eigenvalue weighted by molar-refractivity contribution is -0.131. The Morgan fingerprint density at radius 2 is 2.14 bits per heavy atom. The number of hydrogen-bond donors (Lipinski definition) is 1. The van der Waals surface area contributed by atoms with Crippen molar-refractivity contribution in [2.45, 2.75) is 30.4 Å². The fraction of sp³-hybridized carbons (Fsp3) is 0.562. The number of carbonyl (C=O) groups excluding carboxylic acids is 1. The van der Waals surface area contributed by atoms with Crippen LogP contribution in [0.15, 0.2) is 29.2 Å². The van der Waals surface area contributed by atoms with Crippen LogP contribution in [-0.2, 0) is 9.53 Å². The van der Waals surface area contributed by atoms with Crippen molar-refractivity contribution in [1.82, 2.24) is 10.2 Å². The summed E-state index contributed by atoms with van der Waals surface area (Å²) in [6, 6.07) is 8.68. The Bertz CT molecular complexity index is 500. The molecular formula is C16H22N2O2S. The predicted molar refractivity (Wildman–Crippen MR) is 84.2 cm³/mol. The first-order valence-electron chi connectivity index (χ1n) is 7.47. The first-order valence-corrected chi connectivity index (χ1v) is 8.69. The minimum atomic E-state index is -0.0102. The number of hydrogen-bond acceptors (Lipinski definition) is 4. The van der Waals surface area contributed by atoms with Crippen molar-refractivity contribution >= 4 is 17.7 Å². The SMILES string of the molecule is CSc1ccc(C2NCC(=O)N2C(C)C2CCOC2)cc1. The summed E-state index contributed by atoms with van der Waals surface area (Å²) in [5.74, 6) is 0.634. The highest BCUT2D eigenvalue weighted by molar-refractivity contribution is 7.98. The molecule has 2 heterocycles. The van der Waals surface area contributed by atoms with Crippen molar-refractivity contribution in [1.29, 1.82) is 0 Å². The zero-order valence-corrected chi connectivity index (χ0v) is 13.4. The molecule has 0 aromatic heterocycles. The normalized spacial score (nSPS) is 27.3. The van der Waals surface area contributed by atoms with Gasteiger partial charge in [-0.1, -0.05) is 12.1 Å². The Morgan fingerprint density at radius 3 is 2.76 bits per heavy atom. The van der Waals surface area contributed by atoms with Gasteiger partial charge in [0.25, 0.3) is 0 Å². The Hall–Kier alpha value is -1.04. The average molecular weight is 306 g/mol. The number of rotatable bonds is 4. The van der Waals surface area contributed by atoms with Gasteiger partial charge in [-0.05, 0) is 37.3 Å². The zero-order chi connectivity index (χ0) is 14.8. The van der Waals surface area contributed by atoms with E-state index in [2.05, 4.69) is 42.8 Å². The van der Waals surface area contributed by atoms with Gasteiger partial charge in [-0.15, -0.1) is 11.8 Å². The smallest absolute Gasteiger partial charge is 0.238 e. The molecule has 0 saturated carbocycles. The van der Waals surface area contributed by atoms with Crippen LogP contribution in [0.2, 0.25) is 0 Å². The van der Waals surface area contributed by atoms with E-state index in [9.17, 15) is 4.79 Å². The molecule has 1 aromatic rings. The van der Waals surface area contributed by atoms with Gasteiger partial charge in [-0.2, -0.15) is 0 Å². The second-order valence-electron chi connectivity index (χ2n) is 5.72. The molecule has 2 saturated heterocycles. The summed E-state index contributed by atoms with van der Waals surface area (Å²) >= 11 is 1.73. The van der Waals surface area contributed by atoms with Gasteiger partial charge in [0, 0.05) is 23.5 Å². The minimum Gasteiger partial charge on any atom is -0.381 e. The van der Waals surface area contributed by atoms with Gasteiger partial charge >= 0.3 is 0 Å². The van der Waals surface area contributed by atoms with Crippen molar-refractivity contribution in [3.8, 4) is 0 Å². The van der Waals surface area contributed by atoms with E-state index >= 15 is 0 Å². The van der Waals surface area contributed by atoms with E-state index in [1.54, 1.807) is 11.8 Å². The number of nitrogens with one attached hydrogen (secondary N) is 1. The molecule has 114 valence electrons. The number of benzene rings is 1.